The highest BCUT2D eigenvalue weighted by atomic mass is 32.1. The molecule has 0 unspecified atom stereocenters. The molecule has 17 heavy (non-hydrogen) atoms. The Morgan fingerprint density at radius 2 is 2.18 bits per heavy atom. The maximum atomic E-state index is 11.9. The molecule has 6 heteroatoms. The van der Waals surface area contributed by atoms with Crippen molar-refractivity contribution in [3.63, 3.8) is 0 Å². The van der Waals surface area contributed by atoms with Gasteiger partial charge < -0.3 is 10.0 Å². The Labute approximate surface area is 102 Å². The fourth-order valence-electron chi connectivity index (χ4n) is 1.38. The molecule has 0 aliphatic heterocycles. The van der Waals surface area contributed by atoms with Crippen LogP contribution in [-0.2, 0) is 0 Å². The van der Waals surface area contributed by atoms with Crippen molar-refractivity contribution < 1.29 is 9.90 Å². The Balaban J connectivity index is 2.47. The van der Waals surface area contributed by atoms with Gasteiger partial charge in [-0.05, 0) is 23.7 Å². The number of carbonyl (C=O) groups is 1. The SMILES string of the molecule is CN(C)C(=O)c1snnc1-c1cccc(O)c1. The zero-order valence-corrected chi connectivity index (χ0v) is 10.2. The monoisotopic (exact) mass is 249 g/mol. The third kappa shape index (κ3) is 2.26. The summed E-state index contributed by atoms with van der Waals surface area (Å²) in [6.45, 7) is 0. The molecule has 1 N–H and O–H groups in total. The summed E-state index contributed by atoms with van der Waals surface area (Å²) >= 11 is 1.05. The molecular weight excluding hydrogens is 238 g/mol. The van der Waals surface area contributed by atoms with Crippen LogP contribution < -0.4 is 0 Å². The predicted octanol–water partition coefficient (Wildman–Crippen LogP) is 1.61. The van der Waals surface area contributed by atoms with Crippen molar-refractivity contribution in [2.24, 2.45) is 0 Å². The van der Waals surface area contributed by atoms with Gasteiger partial charge >= 0.3 is 0 Å². The highest BCUT2D eigenvalue weighted by molar-refractivity contribution is 7.08. The number of aromatic nitrogens is 2. The van der Waals surface area contributed by atoms with E-state index in [2.05, 4.69) is 9.59 Å². The van der Waals surface area contributed by atoms with Gasteiger partial charge in [0.2, 0.25) is 0 Å². The fraction of sp³-hybridized carbons (Fsp3) is 0.182. The zero-order chi connectivity index (χ0) is 12.4. The van der Waals surface area contributed by atoms with E-state index in [4.69, 9.17) is 0 Å². The van der Waals surface area contributed by atoms with E-state index < -0.39 is 0 Å². The molecular formula is C11H11N3O2S. The van der Waals surface area contributed by atoms with Crippen LogP contribution in [0.3, 0.4) is 0 Å². The summed E-state index contributed by atoms with van der Waals surface area (Å²) < 4.78 is 3.79. The number of phenols is 1. The van der Waals surface area contributed by atoms with E-state index in [0.717, 1.165) is 11.5 Å². The summed E-state index contributed by atoms with van der Waals surface area (Å²) in [4.78, 5) is 13.8. The minimum Gasteiger partial charge on any atom is -0.508 e. The lowest BCUT2D eigenvalue weighted by molar-refractivity contribution is 0.0832. The van der Waals surface area contributed by atoms with Crippen LogP contribution in [0.15, 0.2) is 24.3 Å². The molecule has 0 bridgehead atoms. The number of nitrogens with zero attached hydrogens (tertiary/aromatic N) is 3. The lowest BCUT2D eigenvalue weighted by Gasteiger charge is -2.08. The van der Waals surface area contributed by atoms with E-state index in [1.165, 1.54) is 4.90 Å². The van der Waals surface area contributed by atoms with Crippen molar-refractivity contribution in [3.8, 4) is 17.0 Å². The van der Waals surface area contributed by atoms with Gasteiger partial charge in [-0.1, -0.05) is 16.6 Å². The Bertz CT molecular complexity index is 551. The quantitative estimate of drug-likeness (QED) is 0.878. The maximum absolute atomic E-state index is 11.9. The molecule has 0 saturated heterocycles. The van der Waals surface area contributed by atoms with Crippen LogP contribution in [0, 0.1) is 0 Å². The highest BCUT2D eigenvalue weighted by Crippen LogP contribution is 2.27. The van der Waals surface area contributed by atoms with Crippen molar-refractivity contribution in [2.75, 3.05) is 14.1 Å². The van der Waals surface area contributed by atoms with Crippen LogP contribution >= 0.6 is 11.5 Å². The van der Waals surface area contributed by atoms with Crippen LogP contribution in [0.4, 0.5) is 0 Å². The van der Waals surface area contributed by atoms with Crippen LogP contribution in [0.1, 0.15) is 9.67 Å². The second-order valence-electron chi connectivity index (χ2n) is 3.70. The van der Waals surface area contributed by atoms with E-state index in [9.17, 15) is 9.90 Å². The number of phenolic OH excluding ortho intramolecular Hbond substituents is 1. The van der Waals surface area contributed by atoms with Crippen molar-refractivity contribution in [3.05, 3.63) is 29.1 Å². The van der Waals surface area contributed by atoms with Gasteiger partial charge in [0.15, 0.2) is 0 Å². The molecule has 0 aliphatic carbocycles. The first-order valence-corrected chi connectivity index (χ1v) is 5.70. The van der Waals surface area contributed by atoms with Gasteiger partial charge in [0.1, 0.15) is 16.3 Å². The number of aromatic hydroxyl groups is 1. The largest absolute Gasteiger partial charge is 0.508 e. The topological polar surface area (TPSA) is 66.3 Å². The molecule has 0 spiro atoms. The second kappa shape index (κ2) is 4.50. The van der Waals surface area contributed by atoms with Gasteiger partial charge in [0.05, 0.1) is 0 Å². The summed E-state index contributed by atoms with van der Waals surface area (Å²) in [7, 11) is 3.35. The van der Waals surface area contributed by atoms with Crippen molar-refractivity contribution in [2.45, 2.75) is 0 Å². The Morgan fingerprint density at radius 1 is 1.41 bits per heavy atom. The molecule has 0 saturated carbocycles. The number of benzene rings is 1. The Kier molecular flexibility index (Phi) is 3.06. The van der Waals surface area contributed by atoms with Crippen LogP contribution in [0.5, 0.6) is 5.75 Å². The second-order valence-corrected chi connectivity index (χ2v) is 4.45. The fourth-order valence-corrected chi connectivity index (χ4v) is 2.09. The molecule has 0 radical (unpaired) electrons. The predicted molar refractivity (Wildman–Crippen MR) is 65.0 cm³/mol. The number of carbonyl (C=O) groups excluding carboxylic acids is 1. The number of hydrogen-bond donors (Lipinski definition) is 1. The molecule has 2 rings (SSSR count). The molecule has 1 amide bonds. The van der Waals surface area contributed by atoms with E-state index >= 15 is 0 Å². The normalized spacial score (nSPS) is 10.2. The van der Waals surface area contributed by atoms with Gasteiger partial charge in [-0.25, -0.2) is 0 Å². The third-order valence-corrected chi connectivity index (χ3v) is 2.92. The first-order chi connectivity index (χ1) is 8.09. The molecule has 1 aromatic heterocycles. The van der Waals surface area contributed by atoms with Gasteiger partial charge in [-0.15, -0.1) is 5.10 Å². The minimum absolute atomic E-state index is 0.138. The van der Waals surface area contributed by atoms with E-state index in [1.54, 1.807) is 38.4 Å². The van der Waals surface area contributed by atoms with Crippen LogP contribution in [0.25, 0.3) is 11.3 Å². The van der Waals surface area contributed by atoms with E-state index in [1.807, 2.05) is 0 Å². The number of hydrogen-bond acceptors (Lipinski definition) is 5. The first-order valence-electron chi connectivity index (χ1n) is 4.93. The molecule has 5 nitrogen and oxygen atoms in total. The van der Waals surface area contributed by atoms with E-state index in [-0.39, 0.29) is 11.7 Å². The van der Waals surface area contributed by atoms with Gasteiger partial charge in [0.25, 0.3) is 5.91 Å². The summed E-state index contributed by atoms with van der Waals surface area (Å²) in [5.41, 5.74) is 1.19. The maximum Gasteiger partial charge on any atom is 0.267 e. The van der Waals surface area contributed by atoms with Gasteiger partial charge in [-0.2, -0.15) is 0 Å². The molecule has 1 aromatic carbocycles. The van der Waals surface area contributed by atoms with Crippen molar-refractivity contribution in [1.82, 2.24) is 14.5 Å². The molecule has 2 aromatic rings. The van der Waals surface area contributed by atoms with Crippen LogP contribution in [0.2, 0.25) is 0 Å². The first kappa shape index (κ1) is 11.5. The third-order valence-electron chi connectivity index (χ3n) is 2.21. The highest BCUT2D eigenvalue weighted by Gasteiger charge is 2.19. The van der Waals surface area contributed by atoms with Crippen molar-refractivity contribution >= 4 is 17.4 Å². The molecule has 0 atom stereocenters. The van der Waals surface area contributed by atoms with Crippen LogP contribution in [-0.4, -0.2) is 39.6 Å². The molecule has 0 fully saturated rings. The smallest absolute Gasteiger partial charge is 0.267 e. The number of rotatable bonds is 2. The minimum atomic E-state index is -0.140. The standard InChI is InChI=1S/C11H11N3O2S/c1-14(2)11(16)10-9(12-13-17-10)7-4-3-5-8(15)6-7/h3-6,15H,1-2H3. The lowest BCUT2D eigenvalue weighted by atomic mass is 10.1. The summed E-state index contributed by atoms with van der Waals surface area (Å²) in [6.07, 6.45) is 0. The van der Waals surface area contributed by atoms with Crippen molar-refractivity contribution in [1.29, 1.82) is 0 Å². The number of amides is 1. The average Bonchev–Trinajstić information content (AvgIpc) is 2.76. The molecule has 0 aliphatic rings. The molecule has 88 valence electrons. The lowest BCUT2D eigenvalue weighted by Crippen LogP contribution is -2.21. The summed E-state index contributed by atoms with van der Waals surface area (Å²) in [5.74, 6) is -0.00269. The zero-order valence-electron chi connectivity index (χ0n) is 9.41. The summed E-state index contributed by atoms with van der Waals surface area (Å²) in [6, 6.07) is 6.61. The van der Waals surface area contributed by atoms with Gasteiger partial charge in [0, 0.05) is 19.7 Å². The summed E-state index contributed by atoms with van der Waals surface area (Å²) in [5, 5.41) is 13.4. The van der Waals surface area contributed by atoms with Gasteiger partial charge in [-0.3, -0.25) is 4.79 Å². The van der Waals surface area contributed by atoms with E-state index in [0.29, 0.717) is 16.1 Å². The Morgan fingerprint density at radius 3 is 2.82 bits per heavy atom. The molecule has 1 heterocycles. The average molecular weight is 249 g/mol. The Hall–Kier alpha value is -1.95.